The van der Waals surface area contributed by atoms with Crippen molar-refractivity contribution < 1.29 is 0 Å². The third kappa shape index (κ3) is 2.19. The molecule has 90 valence electrons. The van der Waals surface area contributed by atoms with E-state index in [9.17, 15) is 0 Å². The first kappa shape index (κ1) is 12.1. The maximum absolute atomic E-state index is 4.70. The molecule has 1 unspecified atom stereocenters. The first-order valence-electron chi connectivity index (χ1n) is 6.52. The molecule has 0 aliphatic heterocycles. The van der Waals surface area contributed by atoms with Crippen molar-refractivity contribution in [2.75, 3.05) is 0 Å². The van der Waals surface area contributed by atoms with Crippen molar-refractivity contribution in [1.29, 1.82) is 0 Å². The Morgan fingerprint density at radius 3 is 2.29 bits per heavy atom. The van der Waals surface area contributed by atoms with Gasteiger partial charge in [0.25, 0.3) is 0 Å². The highest BCUT2D eigenvalue weighted by Crippen LogP contribution is 2.30. The number of aromatic nitrogens is 1. The highest BCUT2D eigenvalue weighted by Gasteiger charge is 2.13. The van der Waals surface area contributed by atoms with Crippen LogP contribution in [0.3, 0.4) is 0 Å². The molecule has 0 bridgehead atoms. The Balaban J connectivity index is 2.70. The number of pyridine rings is 1. The summed E-state index contributed by atoms with van der Waals surface area (Å²) in [4.78, 5) is 4.70. The van der Waals surface area contributed by atoms with Crippen molar-refractivity contribution in [1.82, 2.24) is 4.98 Å². The van der Waals surface area contributed by atoms with Crippen LogP contribution in [0.25, 0.3) is 10.8 Å². The van der Waals surface area contributed by atoms with Crippen LogP contribution < -0.4 is 0 Å². The Labute approximate surface area is 104 Å². The molecule has 0 fully saturated rings. The molecule has 1 heterocycles. The number of fused-ring (bicyclic) bond motifs is 1. The van der Waals surface area contributed by atoms with Gasteiger partial charge in [-0.1, -0.05) is 52.0 Å². The summed E-state index contributed by atoms with van der Waals surface area (Å²) in [5, 5.41) is 2.70. The van der Waals surface area contributed by atoms with Gasteiger partial charge in [0, 0.05) is 11.6 Å². The van der Waals surface area contributed by atoms with Crippen molar-refractivity contribution >= 4 is 10.8 Å². The Hall–Kier alpha value is -1.37. The van der Waals surface area contributed by atoms with Gasteiger partial charge in [-0.25, -0.2) is 0 Å². The standard InChI is InChI=1S/C16H21N/c1-5-12(4)16-14-9-7-6-8-13(14)15(10-17-16)11(2)3/h6-12H,5H2,1-4H3. The van der Waals surface area contributed by atoms with Gasteiger partial charge < -0.3 is 0 Å². The SMILES string of the molecule is CCC(C)c1ncc(C(C)C)c2ccccc12. The van der Waals surface area contributed by atoms with Gasteiger partial charge in [0.05, 0.1) is 5.69 Å². The quantitative estimate of drug-likeness (QED) is 0.728. The third-order valence-corrected chi connectivity index (χ3v) is 3.56. The Bertz CT molecular complexity index is 514. The molecule has 17 heavy (non-hydrogen) atoms. The lowest BCUT2D eigenvalue weighted by Gasteiger charge is -2.15. The van der Waals surface area contributed by atoms with Crippen molar-refractivity contribution in [3.63, 3.8) is 0 Å². The van der Waals surface area contributed by atoms with E-state index in [0.29, 0.717) is 11.8 Å². The molecular weight excluding hydrogens is 206 g/mol. The minimum atomic E-state index is 0.526. The van der Waals surface area contributed by atoms with Gasteiger partial charge in [-0.3, -0.25) is 4.98 Å². The second kappa shape index (κ2) is 4.87. The lowest BCUT2D eigenvalue weighted by molar-refractivity contribution is 0.713. The van der Waals surface area contributed by atoms with E-state index in [0.717, 1.165) is 6.42 Å². The summed E-state index contributed by atoms with van der Waals surface area (Å²) in [5.74, 6) is 1.06. The summed E-state index contributed by atoms with van der Waals surface area (Å²) in [6, 6.07) is 8.66. The fourth-order valence-electron chi connectivity index (χ4n) is 2.28. The van der Waals surface area contributed by atoms with Gasteiger partial charge in [-0.15, -0.1) is 0 Å². The van der Waals surface area contributed by atoms with Gasteiger partial charge in [0.1, 0.15) is 0 Å². The molecule has 1 heteroatoms. The van der Waals surface area contributed by atoms with Crippen molar-refractivity contribution in [2.45, 2.75) is 46.0 Å². The number of rotatable bonds is 3. The molecule has 0 aliphatic rings. The second-order valence-electron chi connectivity index (χ2n) is 5.11. The highest BCUT2D eigenvalue weighted by atomic mass is 14.7. The van der Waals surface area contributed by atoms with E-state index in [-0.39, 0.29) is 0 Å². The predicted octanol–water partition coefficient (Wildman–Crippen LogP) is 4.87. The highest BCUT2D eigenvalue weighted by molar-refractivity contribution is 5.88. The Morgan fingerprint density at radius 2 is 1.71 bits per heavy atom. The van der Waals surface area contributed by atoms with Crippen molar-refractivity contribution in [3.05, 3.63) is 41.7 Å². The maximum Gasteiger partial charge on any atom is 0.0510 e. The average Bonchev–Trinajstić information content (AvgIpc) is 2.36. The van der Waals surface area contributed by atoms with Crippen LogP contribution >= 0.6 is 0 Å². The zero-order valence-corrected chi connectivity index (χ0v) is 11.2. The van der Waals surface area contributed by atoms with Crippen LogP contribution in [-0.2, 0) is 0 Å². The van der Waals surface area contributed by atoms with E-state index in [1.807, 2.05) is 0 Å². The predicted molar refractivity (Wildman–Crippen MR) is 74.5 cm³/mol. The molecule has 0 N–H and O–H groups in total. The zero-order valence-electron chi connectivity index (χ0n) is 11.2. The van der Waals surface area contributed by atoms with E-state index in [1.54, 1.807) is 0 Å². The summed E-state index contributed by atoms with van der Waals surface area (Å²) >= 11 is 0. The van der Waals surface area contributed by atoms with Gasteiger partial charge in [0.2, 0.25) is 0 Å². The third-order valence-electron chi connectivity index (χ3n) is 3.56. The number of hydrogen-bond acceptors (Lipinski definition) is 1. The van der Waals surface area contributed by atoms with Crippen LogP contribution in [-0.4, -0.2) is 4.98 Å². The molecule has 0 saturated heterocycles. The normalized spacial score (nSPS) is 13.2. The maximum atomic E-state index is 4.70. The lowest BCUT2D eigenvalue weighted by atomic mass is 9.93. The van der Waals surface area contributed by atoms with Crippen molar-refractivity contribution in [2.24, 2.45) is 0 Å². The van der Waals surface area contributed by atoms with E-state index < -0.39 is 0 Å². The first-order valence-corrected chi connectivity index (χ1v) is 6.52. The smallest absolute Gasteiger partial charge is 0.0510 e. The minimum absolute atomic E-state index is 0.526. The van der Waals surface area contributed by atoms with E-state index >= 15 is 0 Å². The van der Waals surface area contributed by atoms with Gasteiger partial charge >= 0.3 is 0 Å². The summed E-state index contributed by atoms with van der Waals surface area (Å²) < 4.78 is 0. The zero-order chi connectivity index (χ0) is 12.4. The van der Waals surface area contributed by atoms with Crippen LogP contribution in [0.4, 0.5) is 0 Å². The molecule has 1 atom stereocenters. The molecule has 2 aromatic rings. The average molecular weight is 227 g/mol. The van der Waals surface area contributed by atoms with Crippen LogP contribution in [0.2, 0.25) is 0 Å². The molecule has 2 rings (SSSR count). The van der Waals surface area contributed by atoms with E-state index in [4.69, 9.17) is 4.98 Å². The number of benzene rings is 1. The molecular formula is C16H21N. The number of nitrogens with zero attached hydrogens (tertiary/aromatic N) is 1. The first-order chi connectivity index (χ1) is 8.15. The molecule has 0 saturated carbocycles. The molecule has 0 radical (unpaired) electrons. The molecule has 0 aliphatic carbocycles. The molecule has 1 aromatic carbocycles. The largest absolute Gasteiger partial charge is 0.260 e. The Morgan fingerprint density at radius 1 is 1.06 bits per heavy atom. The lowest BCUT2D eigenvalue weighted by Crippen LogP contribution is -2.00. The molecule has 0 amide bonds. The topological polar surface area (TPSA) is 12.9 Å². The number of hydrogen-bond donors (Lipinski definition) is 0. The van der Waals surface area contributed by atoms with E-state index in [1.165, 1.54) is 22.0 Å². The molecule has 0 spiro atoms. The molecule has 1 aromatic heterocycles. The summed E-state index contributed by atoms with van der Waals surface area (Å²) in [6.45, 7) is 8.93. The van der Waals surface area contributed by atoms with Crippen LogP contribution in [0, 0.1) is 0 Å². The Kier molecular flexibility index (Phi) is 3.46. The summed E-state index contributed by atoms with van der Waals surface area (Å²) in [5.41, 5.74) is 2.60. The van der Waals surface area contributed by atoms with Gasteiger partial charge in [0.15, 0.2) is 0 Å². The summed E-state index contributed by atoms with van der Waals surface area (Å²) in [6.07, 6.45) is 3.20. The summed E-state index contributed by atoms with van der Waals surface area (Å²) in [7, 11) is 0. The second-order valence-corrected chi connectivity index (χ2v) is 5.11. The van der Waals surface area contributed by atoms with Crippen molar-refractivity contribution in [3.8, 4) is 0 Å². The van der Waals surface area contributed by atoms with E-state index in [2.05, 4.69) is 58.2 Å². The van der Waals surface area contributed by atoms with Gasteiger partial charge in [-0.2, -0.15) is 0 Å². The van der Waals surface area contributed by atoms with Gasteiger partial charge in [-0.05, 0) is 29.2 Å². The molecule has 1 nitrogen and oxygen atoms in total. The fourth-order valence-corrected chi connectivity index (χ4v) is 2.28. The fraction of sp³-hybridized carbons (Fsp3) is 0.438. The monoisotopic (exact) mass is 227 g/mol. The van der Waals surface area contributed by atoms with Crippen LogP contribution in [0.15, 0.2) is 30.5 Å². The minimum Gasteiger partial charge on any atom is -0.260 e. The van der Waals surface area contributed by atoms with Crippen LogP contribution in [0.5, 0.6) is 0 Å². The van der Waals surface area contributed by atoms with Crippen LogP contribution in [0.1, 0.15) is 57.2 Å².